The molecule has 1 aliphatic rings. The molecule has 0 N–H and O–H groups in total. The molecule has 0 aromatic heterocycles. The fourth-order valence-corrected chi connectivity index (χ4v) is 2.05. The van der Waals surface area contributed by atoms with Crippen molar-refractivity contribution in [1.82, 2.24) is 0 Å². The van der Waals surface area contributed by atoms with Gasteiger partial charge in [0.05, 0.1) is 5.56 Å². The van der Waals surface area contributed by atoms with Crippen LogP contribution in [0.4, 0.5) is 0 Å². The van der Waals surface area contributed by atoms with Crippen molar-refractivity contribution in [2.24, 2.45) is 0 Å². The lowest BCUT2D eigenvalue weighted by Crippen LogP contribution is -2.17. The molecule has 0 amide bonds. The van der Waals surface area contributed by atoms with E-state index in [0.717, 1.165) is 10.8 Å². The molecule has 0 saturated heterocycles. The molecule has 0 bridgehead atoms. The Bertz CT molecular complexity index is 730. The number of ether oxygens (including phenoxy) is 2. The molecule has 0 fully saturated rings. The highest BCUT2D eigenvalue weighted by atomic mass is 16.7. The summed E-state index contributed by atoms with van der Waals surface area (Å²) in [6.45, 7) is 1.62. The van der Waals surface area contributed by atoms with Gasteiger partial charge >= 0.3 is 11.9 Å². The first-order chi connectivity index (χ1) is 9.63. The van der Waals surface area contributed by atoms with Crippen LogP contribution in [0.3, 0.4) is 0 Å². The standard InChI is InChI=1S/C16H12O4/c1-10-8-14(19-15(10)17)20-16(18)13-7-6-11-4-2-3-5-12(11)9-13/h2-9,14H,1H3/t14-/m0/s1. The zero-order valence-electron chi connectivity index (χ0n) is 10.8. The van der Waals surface area contributed by atoms with Crippen molar-refractivity contribution in [2.45, 2.75) is 13.2 Å². The number of carbonyl (C=O) groups excluding carboxylic acids is 2. The van der Waals surface area contributed by atoms with Gasteiger partial charge in [-0.3, -0.25) is 0 Å². The number of esters is 2. The van der Waals surface area contributed by atoms with Crippen LogP contribution in [0.15, 0.2) is 54.1 Å². The normalized spacial score (nSPS) is 17.8. The van der Waals surface area contributed by atoms with Crippen LogP contribution in [0.25, 0.3) is 10.8 Å². The second-order valence-corrected chi connectivity index (χ2v) is 4.59. The Hall–Kier alpha value is -2.62. The van der Waals surface area contributed by atoms with Crippen molar-refractivity contribution in [3.8, 4) is 0 Å². The summed E-state index contributed by atoms with van der Waals surface area (Å²) < 4.78 is 10.0. The van der Waals surface area contributed by atoms with E-state index in [-0.39, 0.29) is 0 Å². The highest BCUT2D eigenvalue weighted by Crippen LogP contribution is 2.19. The van der Waals surface area contributed by atoms with E-state index in [0.29, 0.717) is 11.1 Å². The highest BCUT2D eigenvalue weighted by Gasteiger charge is 2.25. The van der Waals surface area contributed by atoms with Crippen LogP contribution in [0.2, 0.25) is 0 Å². The van der Waals surface area contributed by atoms with E-state index in [1.807, 2.05) is 30.3 Å². The first kappa shape index (κ1) is 12.4. The zero-order chi connectivity index (χ0) is 14.1. The summed E-state index contributed by atoms with van der Waals surface area (Å²) in [4.78, 5) is 23.2. The molecule has 2 aromatic rings. The molecule has 0 unspecified atom stereocenters. The fraction of sp³-hybridized carbons (Fsp3) is 0.125. The van der Waals surface area contributed by atoms with Crippen LogP contribution in [0.1, 0.15) is 17.3 Å². The van der Waals surface area contributed by atoms with Crippen molar-refractivity contribution in [3.63, 3.8) is 0 Å². The van der Waals surface area contributed by atoms with Crippen LogP contribution in [-0.4, -0.2) is 18.2 Å². The molecule has 0 saturated carbocycles. The first-order valence-corrected chi connectivity index (χ1v) is 6.23. The van der Waals surface area contributed by atoms with Gasteiger partial charge in [-0.15, -0.1) is 0 Å². The Balaban J connectivity index is 1.81. The molecular weight excluding hydrogens is 256 g/mol. The van der Waals surface area contributed by atoms with E-state index in [2.05, 4.69) is 0 Å². The van der Waals surface area contributed by atoms with Crippen LogP contribution < -0.4 is 0 Å². The summed E-state index contributed by atoms with van der Waals surface area (Å²) in [6, 6.07) is 13.0. The number of rotatable bonds is 2. The van der Waals surface area contributed by atoms with Gasteiger partial charge in [0.2, 0.25) is 0 Å². The molecule has 4 nitrogen and oxygen atoms in total. The molecule has 20 heavy (non-hydrogen) atoms. The number of carbonyl (C=O) groups is 2. The van der Waals surface area contributed by atoms with Crippen molar-refractivity contribution >= 4 is 22.7 Å². The van der Waals surface area contributed by atoms with Crippen LogP contribution in [0.5, 0.6) is 0 Å². The Labute approximate surface area is 115 Å². The quantitative estimate of drug-likeness (QED) is 0.786. The maximum atomic E-state index is 12.0. The third kappa shape index (κ3) is 2.28. The summed E-state index contributed by atoms with van der Waals surface area (Å²) in [5, 5.41) is 2.00. The predicted molar refractivity (Wildman–Crippen MR) is 73.0 cm³/mol. The molecule has 0 aliphatic carbocycles. The molecule has 100 valence electrons. The topological polar surface area (TPSA) is 52.6 Å². The number of benzene rings is 2. The SMILES string of the molecule is CC1=C[C@H](OC(=O)c2ccc3ccccc3c2)OC1=O. The van der Waals surface area contributed by atoms with E-state index in [1.54, 1.807) is 19.1 Å². The van der Waals surface area contributed by atoms with Crippen molar-refractivity contribution in [2.75, 3.05) is 0 Å². The van der Waals surface area contributed by atoms with E-state index in [4.69, 9.17) is 9.47 Å². The van der Waals surface area contributed by atoms with Gasteiger partial charge in [0, 0.05) is 11.6 Å². The van der Waals surface area contributed by atoms with Crippen molar-refractivity contribution in [3.05, 3.63) is 59.7 Å². The van der Waals surface area contributed by atoms with Gasteiger partial charge in [0.15, 0.2) is 0 Å². The smallest absolute Gasteiger partial charge is 0.341 e. The van der Waals surface area contributed by atoms with Gasteiger partial charge < -0.3 is 9.47 Å². The van der Waals surface area contributed by atoms with E-state index < -0.39 is 18.2 Å². The molecule has 1 atom stereocenters. The number of fused-ring (bicyclic) bond motifs is 1. The molecule has 1 aliphatic heterocycles. The van der Waals surface area contributed by atoms with Gasteiger partial charge in [0.25, 0.3) is 6.29 Å². The Morgan fingerprint density at radius 2 is 1.90 bits per heavy atom. The summed E-state index contributed by atoms with van der Waals surface area (Å²) in [6.07, 6.45) is 0.558. The van der Waals surface area contributed by atoms with Gasteiger partial charge in [-0.1, -0.05) is 30.3 Å². The van der Waals surface area contributed by atoms with Gasteiger partial charge in [-0.25, -0.2) is 9.59 Å². The van der Waals surface area contributed by atoms with E-state index >= 15 is 0 Å². The monoisotopic (exact) mass is 268 g/mol. The van der Waals surface area contributed by atoms with Gasteiger partial charge in [-0.2, -0.15) is 0 Å². The van der Waals surface area contributed by atoms with E-state index in [9.17, 15) is 9.59 Å². The molecule has 3 rings (SSSR count). The van der Waals surface area contributed by atoms with Crippen LogP contribution in [-0.2, 0) is 14.3 Å². The molecule has 1 heterocycles. The number of cyclic esters (lactones) is 1. The molecule has 0 spiro atoms. The molecule has 0 radical (unpaired) electrons. The average Bonchev–Trinajstić information content (AvgIpc) is 2.76. The number of hydrogen-bond acceptors (Lipinski definition) is 4. The first-order valence-electron chi connectivity index (χ1n) is 6.23. The summed E-state index contributed by atoms with van der Waals surface area (Å²) in [5.41, 5.74) is 0.874. The zero-order valence-corrected chi connectivity index (χ0v) is 10.8. The van der Waals surface area contributed by atoms with Gasteiger partial charge in [-0.05, 0) is 29.8 Å². The van der Waals surface area contributed by atoms with Crippen LogP contribution >= 0.6 is 0 Å². The molecule has 2 aromatic carbocycles. The maximum Gasteiger partial charge on any atom is 0.341 e. The molecule has 4 heteroatoms. The van der Waals surface area contributed by atoms with E-state index in [1.165, 1.54) is 6.08 Å². The summed E-state index contributed by atoms with van der Waals surface area (Å²) in [7, 11) is 0. The Morgan fingerprint density at radius 1 is 1.15 bits per heavy atom. The van der Waals surface area contributed by atoms with Crippen LogP contribution in [0, 0.1) is 0 Å². The maximum absolute atomic E-state index is 12.0. The minimum atomic E-state index is -0.929. The highest BCUT2D eigenvalue weighted by molar-refractivity contribution is 5.96. The third-order valence-corrected chi connectivity index (χ3v) is 3.14. The fourth-order valence-electron chi connectivity index (χ4n) is 2.05. The predicted octanol–water partition coefficient (Wildman–Crippen LogP) is 2.83. The molecular formula is C16H12O4. The second kappa shape index (κ2) is 4.81. The van der Waals surface area contributed by atoms with Gasteiger partial charge in [0.1, 0.15) is 0 Å². The lowest BCUT2D eigenvalue weighted by atomic mass is 10.1. The third-order valence-electron chi connectivity index (χ3n) is 3.14. The Morgan fingerprint density at radius 3 is 2.60 bits per heavy atom. The number of hydrogen-bond donors (Lipinski definition) is 0. The summed E-state index contributed by atoms with van der Waals surface area (Å²) in [5.74, 6) is -0.971. The minimum absolute atomic E-state index is 0.428. The second-order valence-electron chi connectivity index (χ2n) is 4.59. The Kier molecular flexibility index (Phi) is 2.99. The lowest BCUT2D eigenvalue weighted by molar-refractivity contribution is -0.151. The minimum Gasteiger partial charge on any atom is -0.418 e. The lowest BCUT2D eigenvalue weighted by Gasteiger charge is -2.10. The van der Waals surface area contributed by atoms with Crippen molar-refractivity contribution in [1.29, 1.82) is 0 Å². The largest absolute Gasteiger partial charge is 0.418 e. The average molecular weight is 268 g/mol. The summed E-state index contributed by atoms with van der Waals surface area (Å²) >= 11 is 0. The van der Waals surface area contributed by atoms with Crippen molar-refractivity contribution < 1.29 is 19.1 Å².